The normalized spacial score (nSPS) is 12.1. The molecule has 0 bridgehead atoms. The third-order valence-electron chi connectivity index (χ3n) is 7.09. The Hall–Kier alpha value is -0.270. The molecule has 0 spiro atoms. The molecule has 0 radical (unpaired) electrons. The van der Waals surface area contributed by atoms with Gasteiger partial charge in [0.15, 0.2) is 6.29 Å². The maximum absolute atomic E-state index is 11.9. The van der Waals surface area contributed by atoms with Crippen LogP contribution in [0.5, 0.6) is 0 Å². The van der Waals surface area contributed by atoms with E-state index in [1.165, 1.54) is 139 Å². The lowest BCUT2D eigenvalue weighted by Gasteiger charge is -2.02. The Morgan fingerprint density at radius 2 is 0.971 bits per heavy atom. The van der Waals surface area contributed by atoms with Gasteiger partial charge in [0.2, 0.25) is 0 Å². The smallest absolute Gasteiger partial charge is 0.160 e. The third kappa shape index (κ3) is 6.60. The van der Waals surface area contributed by atoms with Crippen molar-refractivity contribution < 1.29 is 4.79 Å². The van der Waals surface area contributed by atoms with Crippen LogP contribution in [0.25, 0.3) is 28.2 Å². The van der Waals surface area contributed by atoms with Gasteiger partial charge in [-0.3, -0.25) is 4.79 Å². The fraction of sp³-hybridized carbons (Fsp3) is 0.621. The first-order chi connectivity index (χ1) is 17.2. The molecule has 0 aliphatic heterocycles. The number of rotatable bonds is 17. The van der Waals surface area contributed by atoms with E-state index in [9.17, 15) is 4.79 Å². The van der Waals surface area contributed by atoms with Gasteiger partial charge in [-0.05, 0) is 52.7 Å². The second-order valence-corrected chi connectivity index (χ2v) is 15.3. The Bertz CT molecular complexity index is 1220. The minimum Gasteiger partial charge on any atom is -0.297 e. The molecule has 0 aromatic carbocycles. The molecular weight excluding hydrogens is 572 g/mol. The van der Waals surface area contributed by atoms with Crippen molar-refractivity contribution in [1.82, 2.24) is 0 Å². The van der Waals surface area contributed by atoms with Crippen molar-refractivity contribution >= 4 is 95.8 Å². The molecule has 0 aliphatic rings. The summed E-state index contributed by atoms with van der Waals surface area (Å²) in [5.41, 5.74) is 2.85. The lowest BCUT2D eigenvalue weighted by molar-refractivity contribution is 0.112. The van der Waals surface area contributed by atoms with Crippen LogP contribution in [0.1, 0.15) is 125 Å². The van der Waals surface area contributed by atoms with E-state index in [0.717, 1.165) is 17.6 Å². The molecule has 4 rings (SSSR count). The molecule has 35 heavy (non-hydrogen) atoms. The predicted molar refractivity (Wildman–Crippen MR) is 167 cm³/mol. The van der Waals surface area contributed by atoms with Gasteiger partial charge < -0.3 is 0 Å². The van der Waals surface area contributed by atoms with Crippen LogP contribution >= 0.6 is 61.3 Å². The number of unbranched alkanes of at least 4 members (excludes halogenated alkanes) is 12. The summed E-state index contributed by atoms with van der Waals surface area (Å²) in [4.78, 5) is 12.9. The number of hydrogen-bond acceptors (Lipinski definition) is 5. The first-order valence-corrected chi connectivity index (χ1v) is 17.8. The molecule has 0 aliphatic carbocycles. The van der Waals surface area contributed by atoms with Gasteiger partial charge in [-0.15, -0.1) is 45.3 Å². The Morgan fingerprint density at radius 3 is 1.51 bits per heavy atom. The largest absolute Gasteiger partial charge is 0.297 e. The summed E-state index contributed by atoms with van der Waals surface area (Å²) in [6.07, 6.45) is 22.0. The van der Waals surface area contributed by atoms with E-state index in [-0.39, 0.29) is 0 Å². The van der Waals surface area contributed by atoms with E-state index in [1.54, 1.807) is 11.3 Å². The van der Waals surface area contributed by atoms with Gasteiger partial charge in [-0.2, -0.15) is 0 Å². The molecule has 4 aromatic heterocycles. The van der Waals surface area contributed by atoms with E-state index in [4.69, 9.17) is 0 Å². The highest BCUT2D eigenvalue weighted by molar-refractivity contribution is 9.11. The average Bonchev–Trinajstić information content (AvgIpc) is 3.56. The van der Waals surface area contributed by atoms with E-state index in [0.29, 0.717) is 0 Å². The van der Waals surface area contributed by atoms with Crippen molar-refractivity contribution in [3.63, 3.8) is 0 Å². The molecule has 0 atom stereocenters. The number of carbonyl (C=O) groups is 1. The molecule has 192 valence electrons. The summed E-state index contributed by atoms with van der Waals surface area (Å²) >= 11 is 11.5. The molecular formula is C29H39BrOS4. The van der Waals surface area contributed by atoms with E-state index >= 15 is 0 Å². The second-order valence-electron chi connectivity index (χ2n) is 9.84. The molecule has 0 unspecified atom stereocenters. The first kappa shape index (κ1) is 27.8. The highest BCUT2D eigenvalue weighted by Gasteiger charge is 2.23. The van der Waals surface area contributed by atoms with Gasteiger partial charge in [0.05, 0.1) is 36.9 Å². The number of fused-ring (bicyclic) bond motifs is 5. The van der Waals surface area contributed by atoms with Crippen molar-refractivity contribution in [3.05, 3.63) is 19.8 Å². The topological polar surface area (TPSA) is 17.1 Å². The van der Waals surface area contributed by atoms with Crippen LogP contribution in [0.15, 0.2) is 3.79 Å². The molecule has 1 nitrogen and oxygen atoms in total. The van der Waals surface area contributed by atoms with Crippen LogP contribution in [0.4, 0.5) is 0 Å². The average molecular weight is 612 g/mol. The number of aryl methyl sites for hydroxylation is 2. The zero-order valence-corrected chi connectivity index (χ0v) is 26.2. The summed E-state index contributed by atoms with van der Waals surface area (Å²) in [5, 5.41) is 0. The minimum absolute atomic E-state index is 0.973. The Balaban J connectivity index is 1.46. The molecule has 0 saturated carbocycles. The Labute approximate surface area is 235 Å². The van der Waals surface area contributed by atoms with Gasteiger partial charge >= 0.3 is 0 Å². The maximum atomic E-state index is 11.9. The molecule has 0 fully saturated rings. The zero-order valence-electron chi connectivity index (χ0n) is 21.3. The molecule has 4 heterocycles. The fourth-order valence-electron chi connectivity index (χ4n) is 5.06. The highest BCUT2D eigenvalue weighted by Crippen LogP contribution is 2.53. The van der Waals surface area contributed by atoms with Crippen molar-refractivity contribution in [2.24, 2.45) is 0 Å². The number of hydrogen-bond donors (Lipinski definition) is 0. The maximum Gasteiger partial charge on any atom is 0.160 e. The summed E-state index contributed by atoms with van der Waals surface area (Å²) in [7, 11) is 0. The van der Waals surface area contributed by atoms with Crippen LogP contribution < -0.4 is 0 Å². The Kier molecular flexibility index (Phi) is 11.1. The predicted octanol–water partition coefficient (Wildman–Crippen LogP) is 12.6. The van der Waals surface area contributed by atoms with Gasteiger partial charge in [-0.25, -0.2) is 0 Å². The quantitative estimate of drug-likeness (QED) is 0.0857. The summed E-state index contributed by atoms with van der Waals surface area (Å²) in [6.45, 7) is 4.56. The molecule has 6 heteroatoms. The van der Waals surface area contributed by atoms with E-state index in [1.807, 2.05) is 34.0 Å². The monoisotopic (exact) mass is 610 g/mol. The number of carbonyl (C=O) groups excluding carboxylic acids is 1. The van der Waals surface area contributed by atoms with E-state index in [2.05, 4.69) is 29.8 Å². The lowest BCUT2D eigenvalue weighted by Crippen LogP contribution is -1.88. The van der Waals surface area contributed by atoms with Gasteiger partial charge in [0, 0.05) is 0 Å². The number of aldehydes is 1. The highest BCUT2D eigenvalue weighted by atomic mass is 79.9. The Morgan fingerprint density at radius 1 is 0.543 bits per heavy atom. The third-order valence-corrected chi connectivity index (χ3v) is 13.5. The molecule has 0 N–H and O–H groups in total. The first-order valence-electron chi connectivity index (χ1n) is 13.7. The molecule has 4 aromatic rings. The van der Waals surface area contributed by atoms with Gasteiger partial charge in [0.25, 0.3) is 0 Å². The summed E-state index contributed by atoms with van der Waals surface area (Å²) < 4.78 is 9.95. The SMILES string of the molecule is CCCCCCCCCc1c(Br)sc2c1sc1c3sc(C=O)c(CCCCCCCCC)c3sc21. The summed E-state index contributed by atoms with van der Waals surface area (Å²) in [5.74, 6) is 0. The van der Waals surface area contributed by atoms with Crippen molar-refractivity contribution in [1.29, 1.82) is 0 Å². The van der Waals surface area contributed by atoms with Crippen molar-refractivity contribution in [2.45, 2.75) is 117 Å². The fourth-order valence-corrected chi connectivity index (χ4v) is 11.9. The van der Waals surface area contributed by atoms with E-state index < -0.39 is 0 Å². The lowest BCUT2D eigenvalue weighted by atomic mass is 10.0. The zero-order chi connectivity index (χ0) is 24.6. The van der Waals surface area contributed by atoms with Crippen LogP contribution in [-0.4, -0.2) is 6.29 Å². The van der Waals surface area contributed by atoms with Crippen LogP contribution in [0.2, 0.25) is 0 Å². The second kappa shape index (κ2) is 14.0. The summed E-state index contributed by atoms with van der Waals surface area (Å²) in [6, 6.07) is 0. The molecule has 0 amide bonds. The van der Waals surface area contributed by atoms with Crippen LogP contribution in [-0.2, 0) is 12.8 Å². The van der Waals surface area contributed by atoms with Crippen molar-refractivity contribution in [3.8, 4) is 0 Å². The van der Waals surface area contributed by atoms with Crippen molar-refractivity contribution in [2.75, 3.05) is 0 Å². The van der Waals surface area contributed by atoms with Crippen LogP contribution in [0.3, 0.4) is 0 Å². The standard InChI is InChI=1S/C29H39BrOS4/c1-3-5-7-9-11-13-15-17-20-22(19-31)32-25-23(20)33-28-26-24(34-27(25)28)21(29(30)35-26)18-16-14-12-10-8-6-4-2/h19H,3-18H2,1-2H3. The van der Waals surface area contributed by atoms with Gasteiger partial charge in [-0.1, -0.05) is 90.9 Å². The number of thiophene rings is 4. The van der Waals surface area contributed by atoms with Gasteiger partial charge in [0.1, 0.15) is 0 Å². The molecule has 0 saturated heterocycles. The number of halogens is 1. The minimum atomic E-state index is 0.973. The van der Waals surface area contributed by atoms with Crippen LogP contribution in [0, 0.1) is 0 Å².